The fourth-order valence-corrected chi connectivity index (χ4v) is 4.15. The highest BCUT2D eigenvalue weighted by Crippen LogP contribution is 2.25. The highest BCUT2D eigenvalue weighted by molar-refractivity contribution is 7.18. The summed E-state index contributed by atoms with van der Waals surface area (Å²) in [5, 5.41) is 4.05. The molecule has 0 aliphatic carbocycles. The zero-order valence-electron chi connectivity index (χ0n) is 15.2. The lowest BCUT2D eigenvalue weighted by molar-refractivity contribution is 0.0819. The van der Waals surface area contributed by atoms with Crippen LogP contribution in [0.3, 0.4) is 0 Å². The first kappa shape index (κ1) is 17.9. The Bertz CT molecular complexity index is 922. The van der Waals surface area contributed by atoms with E-state index < -0.39 is 0 Å². The first-order valence-corrected chi connectivity index (χ1v) is 9.93. The summed E-state index contributed by atoms with van der Waals surface area (Å²) in [5.41, 5.74) is 2.74. The first-order chi connectivity index (χ1) is 13.2. The maximum Gasteiger partial charge on any atom is 0.322 e. The summed E-state index contributed by atoms with van der Waals surface area (Å²) >= 11 is 1.63. The molecule has 1 atom stereocenters. The third-order valence-electron chi connectivity index (χ3n) is 4.58. The summed E-state index contributed by atoms with van der Waals surface area (Å²) in [6.45, 7) is 3.83. The Morgan fingerprint density at radius 1 is 1.41 bits per heavy atom. The van der Waals surface area contributed by atoms with E-state index in [4.69, 9.17) is 4.74 Å². The molecule has 140 valence electrons. The molecule has 0 bridgehead atoms. The van der Waals surface area contributed by atoms with Crippen molar-refractivity contribution >= 4 is 33.3 Å². The summed E-state index contributed by atoms with van der Waals surface area (Å²) in [5.74, 6) is 0. The molecule has 1 aliphatic rings. The number of carbonyl (C=O) groups is 1. The van der Waals surface area contributed by atoms with Gasteiger partial charge in [-0.25, -0.2) is 9.78 Å². The Hall–Kier alpha value is -2.51. The average molecular weight is 382 g/mol. The largest absolute Gasteiger partial charge is 0.376 e. The molecule has 2 amide bonds. The van der Waals surface area contributed by atoms with Crippen LogP contribution in [-0.2, 0) is 11.3 Å². The van der Waals surface area contributed by atoms with Gasteiger partial charge in [0.05, 0.1) is 21.3 Å². The van der Waals surface area contributed by atoms with Crippen LogP contribution >= 0.6 is 11.3 Å². The van der Waals surface area contributed by atoms with Gasteiger partial charge in [0, 0.05) is 37.8 Å². The van der Waals surface area contributed by atoms with Gasteiger partial charge in [0.1, 0.15) is 0 Å². The molecule has 6 nitrogen and oxygen atoms in total. The number of aryl methyl sites for hydroxylation is 1. The minimum Gasteiger partial charge on any atom is -0.376 e. The summed E-state index contributed by atoms with van der Waals surface area (Å²) in [6, 6.07) is 9.56. The van der Waals surface area contributed by atoms with E-state index >= 15 is 0 Å². The standard InChI is InChI=1S/C20H22N4O2S/c1-14-22-18-7-6-16(10-19(18)27-14)23-20(25)24(13-17-5-3-9-26-17)12-15-4-2-8-21-11-15/h2,4,6-8,10-11,17H,3,5,9,12-13H2,1H3,(H,23,25). The van der Waals surface area contributed by atoms with Crippen molar-refractivity contribution in [3.8, 4) is 0 Å². The van der Waals surface area contributed by atoms with Crippen LogP contribution < -0.4 is 5.32 Å². The molecule has 2 aromatic heterocycles. The summed E-state index contributed by atoms with van der Waals surface area (Å²) in [7, 11) is 0. The van der Waals surface area contributed by atoms with Crippen LogP contribution in [0.2, 0.25) is 0 Å². The molecule has 0 radical (unpaired) electrons. The second kappa shape index (κ2) is 8.02. The van der Waals surface area contributed by atoms with Gasteiger partial charge in [-0.3, -0.25) is 4.98 Å². The van der Waals surface area contributed by atoms with Crippen LogP contribution in [-0.4, -0.2) is 40.2 Å². The molecule has 1 aromatic carbocycles. The van der Waals surface area contributed by atoms with Gasteiger partial charge in [-0.2, -0.15) is 0 Å². The minimum absolute atomic E-state index is 0.0963. The second-order valence-corrected chi connectivity index (χ2v) is 7.96. The Morgan fingerprint density at radius 2 is 2.33 bits per heavy atom. The third kappa shape index (κ3) is 4.43. The normalized spacial score (nSPS) is 16.6. The van der Waals surface area contributed by atoms with Gasteiger partial charge < -0.3 is 15.0 Å². The topological polar surface area (TPSA) is 67.4 Å². The van der Waals surface area contributed by atoms with Crippen molar-refractivity contribution in [1.29, 1.82) is 0 Å². The van der Waals surface area contributed by atoms with E-state index in [2.05, 4.69) is 15.3 Å². The molecule has 3 heterocycles. The number of urea groups is 1. The number of anilines is 1. The minimum atomic E-state index is -0.130. The molecule has 7 heteroatoms. The Morgan fingerprint density at radius 3 is 3.11 bits per heavy atom. The number of pyridine rings is 1. The van der Waals surface area contributed by atoms with E-state index in [1.165, 1.54) is 0 Å². The molecule has 4 rings (SSSR count). The smallest absolute Gasteiger partial charge is 0.322 e. The van der Waals surface area contributed by atoms with E-state index in [9.17, 15) is 4.79 Å². The summed E-state index contributed by atoms with van der Waals surface area (Å²) in [6.07, 6.45) is 5.67. The van der Waals surface area contributed by atoms with Crippen LogP contribution in [0.25, 0.3) is 10.2 Å². The number of thiazole rings is 1. The number of hydrogen-bond donors (Lipinski definition) is 1. The van der Waals surface area contributed by atoms with Crippen molar-refractivity contribution < 1.29 is 9.53 Å². The highest BCUT2D eigenvalue weighted by Gasteiger charge is 2.23. The van der Waals surface area contributed by atoms with E-state index in [1.54, 1.807) is 28.6 Å². The van der Waals surface area contributed by atoms with Crippen molar-refractivity contribution in [2.24, 2.45) is 0 Å². The molecule has 0 spiro atoms. The van der Waals surface area contributed by atoms with Crippen LogP contribution in [0.5, 0.6) is 0 Å². The maximum atomic E-state index is 13.0. The van der Waals surface area contributed by atoms with E-state index in [-0.39, 0.29) is 12.1 Å². The van der Waals surface area contributed by atoms with Gasteiger partial charge in [-0.05, 0) is 49.6 Å². The Labute approximate surface area is 162 Å². The molecule has 1 N–H and O–H groups in total. The number of aromatic nitrogens is 2. The summed E-state index contributed by atoms with van der Waals surface area (Å²) < 4.78 is 6.81. The molecule has 1 unspecified atom stereocenters. The van der Waals surface area contributed by atoms with Crippen LogP contribution in [0, 0.1) is 6.92 Å². The van der Waals surface area contributed by atoms with Gasteiger partial charge in [0.15, 0.2) is 0 Å². The molecule has 1 saturated heterocycles. The number of amides is 2. The number of hydrogen-bond acceptors (Lipinski definition) is 5. The van der Waals surface area contributed by atoms with Crippen molar-refractivity contribution in [2.75, 3.05) is 18.5 Å². The highest BCUT2D eigenvalue weighted by atomic mass is 32.1. The zero-order chi connectivity index (χ0) is 18.6. The van der Waals surface area contributed by atoms with Crippen molar-refractivity contribution in [1.82, 2.24) is 14.9 Å². The fraction of sp³-hybridized carbons (Fsp3) is 0.350. The zero-order valence-corrected chi connectivity index (χ0v) is 16.0. The van der Waals surface area contributed by atoms with Crippen molar-refractivity contribution in [3.63, 3.8) is 0 Å². The number of ether oxygens (including phenoxy) is 1. The molecular weight excluding hydrogens is 360 g/mol. The molecule has 1 fully saturated rings. The number of nitrogens with one attached hydrogen (secondary N) is 1. The number of nitrogens with zero attached hydrogens (tertiary/aromatic N) is 3. The van der Waals surface area contributed by atoms with E-state index in [0.29, 0.717) is 13.1 Å². The SMILES string of the molecule is Cc1nc2ccc(NC(=O)N(Cc3cccnc3)CC3CCCO3)cc2s1. The average Bonchev–Trinajstić information content (AvgIpc) is 3.30. The van der Waals surface area contributed by atoms with Crippen molar-refractivity contribution in [3.05, 3.63) is 53.3 Å². The lowest BCUT2D eigenvalue weighted by Crippen LogP contribution is -2.39. The van der Waals surface area contributed by atoms with Crippen LogP contribution in [0.4, 0.5) is 10.5 Å². The predicted octanol–water partition coefficient (Wildman–Crippen LogP) is 4.21. The van der Waals surface area contributed by atoms with E-state index in [1.807, 2.05) is 37.3 Å². The second-order valence-electron chi connectivity index (χ2n) is 6.72. The Kier molecular flexibility index (Phi) is 5.31. The molecule has 0 saturated carbocycles. The molecule has 1 aliphatic heterocycles. The lowest BCUT2D eigenvalue weighted by atomic mass is 10.2. The van der Waals surface area contributed by atoms with Gasteiger partial charge in [-0.15, -0.1) is 11.3 Å². The number of fused-ring (bicyclic) bond motifs is 1. The quantitative estimate of drug-likeness (QED) is 0.718. The van der Waals surface area contributed by atoms with Gasteiger partial charge in [0.25, 0.3) is 0 Å². The van der Waals surface area contributed by atoms with Gasteiger partial charge >= 0.3 is 6.03 Å². The molecule has 3 aromatic rings. The molecular formula is C20H22N4O2S. The van der Waals surface area contributed by atoms with Crippen molar-refractivity contribution in [2.45, 2.75) is 32.4 Å². The third-order valence-corrected chi connectivity index (χ3v) is 5.51. The number of rotatable bonds is 5. The first-order valence-electron chi connectivity index (χ1n) is 9.11. The lowest BCUT2D eigenvalue weighted by Gasteiger charge is -2.25. The number of carbonyl (C=O) groups excluding carboxylic acids is 1. The van der Waals surface area contributed by atoms with Crippen LogP contribution in [0.15, 0.2) is 42.7 Å². The Balaban J connectivity index is 1.50. The van der Waals surface area contributed by atoms with Gasteiger partial charge in [-0.1, -0.05) is 6.07 Å². The predicted molar refractivity (Wildman–Crippen MR) is 107 cm³/mol. The van der Waals surface area contributed by atoms with Gasteiger partial charge in [0.2, 0.25) is 0 Å². The monoisotopic (exact) mass is 382 g/mol. The molecule has 27 heavy (non-hydrogen) atoms. The maximum absolute atomic E-state index is 13.0. The van der Waals surface area contributed by atoms with E-state index in [0.717, 1.165) is 45.9 Å². The number of benzene rings is 1. The van der Waals surface area contributed by atoms with Crippen LogP contribution in [0.1, 0.15) is 23.4 Å². The summed E-state index contributed by atoms with van der Waals surface area (Å²) in [4.78, 5) is 23.4. The fourth-order valence-electron chi connectivity index (χ4n) is 3.29.